The van der Waals surface area contributed by atoms with Gasteiger partial charge in [-0.1, -0.05) is 29.0 Å². The Kier molecular flexibility index (Phi) is 5.72. The average Bonchev–Trinajstić information content (AvgIpc) is 3.25. The normalized spacial score (nSPS) is 17.5. The van der Waals surface area contributed by atoms with Crippen LogP contribution in [0.3, 0.4) is 0 Å². The van der Waals surface area contributed by atoms with Gasteiger partial charge < -0.3 is 9.64 Å². The van der Waals surface area contributed by atoms with Crippen molar-refractivity contribution in [1.82, 2.24) is 9.88 Å². The fourth-order valence-electron chi connectivity index (χ4n) is 2.82. The van der Waals surface area contributed by atoms with Crippen molar-refractivity contribution < 1.29 is 22.7 Å². The van der Waals surface area contributed by atoms with E-state index in [0.29, 0.717) is 30.3 Å². The molecule has 140 valence electrons. The molecule has 1 aliphatic rings. The standard InChI is InChI=1S/C17H16ClF3N2O2S/c18-14-3-1-11(9-13(14)17(19,20)21)2-4-15(24)23-7-5-12(10-23)25-16-22-6-8-26-16/h1,3,6,8-9,12H,2,4-5,7,10H2. The molecule has 1 aromatic heterocycles. The quantitative estimate of drug-likeness (QED) is 0.740. The van der Waals surface area contributed by atoms with E-state index in [1.165, 1.54) is 23.5 Å². The third-order valence-corrected chi connectivity index (χ3v) is 5.13. The Morgan fingerprint density at radius 2 is 2.23 bits per heavy atom. The lowest BCUT2D eigenvalue weighted by Crippen LogP contribution is -2.31. The summed E-state index contributed by atoms with van der Waals surface area (Å²) in [6, 6.07) is 3.75. The number of hydrogen-bond donors (Lipinski definition) is 0. The minimum Gasteiger partial charge on any atom is -0.465 e. The predicted octanol–water partition coefficient (Wildman–Crippen LogP) is 4.43. The molecule has 9 heteroatoms. The van der Waals surface area contributed by atoms with Gasteiger partial charge in [0.2, 0.25) is 5.91 Å². The smallest absolute Gasteiger partial charge is 0.417 e. The molecule has 1 aliphatic heterocycles. The molecule has 0 N–H and O–H groups in total. The zero-order valence-electron chi connectivity index (χ0n) is 13.6. The molecule has 0 saturated carbocycles. The van der Waals surface area contributed by atoms with Crippen LogP contribution in [0.25, 0.3) is 0 Å². The third-order valence-electron chi connectivity index (χ3n) is 4.14. The van der Waals surface area contributed by atoms with Gasteiger partial charge in [0, 0.05) is 31.0 Å². The Bertz CT molecular complexity index is 768. The van der Waals surface area contributed by atoms with Crippen LogP contribution in [0.2, 0.25) is 5.02 Å². The lowest BCUT2D eigenvalue weighted by atomic mass is 10.1. The number of thiazole rings is 1. The highest BCUT2D eigenvalue weighted by molar-refractivity contribution is 7.11. The topological polar surface area (TPSA) is 42.4 Å². The second-order valence-corrected chi connectivity index (χ2v) is 7.24. The van der Waals surface area contributed by atoms with Crippen molar-refractivity contribution in [3.8, 4) is 5.19 Å². The van der Waals surface area contributed by atoms with E-state index in [4.69, 9.17) is 16.3 Å². The number of ether oxygens (including phenoxy) is 1. The van der Waals surface area contributed by atoms with Crippen molar-refractivity contribution in [2.24, 2.45) is 0 Å². The molecule has 0 spiro atoms. The second-order valence-electron chi connectivity index (χ2n) is 5.98. The molecule has 4 nitrogen and oxygen atoms in total. The van der Waals surface area contributed by atoms with E-state index in [1.54, 1.807) is 11.1 Å². The van der Waals surface area contributed by atoms with Gasteiger partial charge in [-0.3, -0.25) is 4.79 Å². The first kappa shape index (κ1) is 19.0. The van der Waals surface area contributed by atoms with Crippen LogP contribution in [0.1, 0.15) is 24.0 Å². The number of aryl methyl sites for hydroxylation is 1. The van der Waals surface area contributed by atoms with Crippen molar-refractivity contribution in [3.63, 3.8) is 0 Å². The number of alkyl halides is 3. The fourth-order valence-corrected chi connectivity index (χ4v) is 3.59. The van der Waals surface area contributed by atoms with Crippen molar-refractivity contribution in [2.75, 3.05) is 13.1 Å². The number of rotatable bonds is 5. The number of halogens is 4. The Labute approximate surface area is 157 Å². The summed E-state index contributed by atoms with van der Waals surface area (Å²) in [7, 11) is 0. The number of carbonyl (C=O) groups is 1. The van der Waals surface area contributed by atoms with Gasteiger partial charge in [0.15, 0.2) is 0 Å². The minimum absolute atomic E-state index is 0.0984. The van der Waals surface area contributed by atoms with Crippen LogP contribution in [0.15, 0.2) is 29.8 Å². The van der Waals surface area contributed by atoms with Crippen LogP contribution >= 0.6 is 22.9 Å². The summed E-state index contributed by atoms with van der Waals surface area (Å²) in [6.07, 6.45) is -1.87. The van der Waals surface area contributed by atoms with E-state index < -0.39 is 11.7 Å². The summed E-state index contributed by atoms with van der Waals surface area (Å²) >= 11 is 7.00. The van der Waals surface area contributed by atoms with Crippen molar-refractivity contribution in [3.05, 3.63) is 45.9 Å². The Hall–Kier alpha value is -1.80. The van der Waals surface area contributed by atoms with Gasteiger partial charge in [-0.15, -0.1) is 0 Å². The van der Waals surface area contributed by atoms with Gasteiger partial charge in [0.1, 0.15) is 6.10 Å². The number of aromatic nitrogens is 1. The molecule has 1 aromatic carbocycles. The largest absolute Gasteiger partial charge is 0.465 e. The molecular weight excluding hydrogens is 389 g/mol. The van der Waals surface area contributed by atoms with E-state index in [1.807, 2.05) is 5.38 Å². The lowest BCUT2D eigenvalue weighted by Gasteiger charge is -2.17. The third kappa shape index (κ3) is 4.67. The van der Waals surface area contributed by atoms with E-state index >= 15 is 0 Å². The first-order valence-electron chi connectivity index (χ1n) is 8.02. The fraction of sp³-hybridized carbons (Fsp3) is 0.412. The summed E-state index contributed by atoms with van der Waals surface area (Å²) in [5.74, 6) is -0.0984. The van der Waals surface area contributed by atoms with Crippen molar-refractivity contribution in [2.45, 2.75) is 31.5 Å². The summed E-state index contributed by atoms with van der Waals surface area (Å²) < 4.78 is 44.4. The molecular formula is C17H16ClF3N2O2S. The van der Waals surface area contributed by atoms with Gasteiger partial charge in [-0.2, -0.15) is 13.2 Å². The molecule has 0 aliphatic carbocycles. The Morgan fingerprint density at radius 1 is 1.42 bits per heavy atom. The van der Waals surface area contributed by atoms with Crippen LogP contribution in [0, 0.1) is 0 Å². The molecule has 1 atom stereocenters. The van der Waals surface area contributed by atoms with Crippen LogP contribution in [-0.2, 0) is 17.4 Å². The maximum Gasteiger partial charge on any atom is 0.417 e. The number of amides is 1. The number of hydrogen-bond acceptors (Lipinski definition) is 4. The monoisotopic (exact) mass is 404 g/mol. The zero-order valence-corrected chi connectivity index (χ0v) is 15.2. The summed E-state index contributed by atoms with van der Waals surface area (Å²) in [4.78, 5) is 18.1. The highest BCUT2D eigenvalue weighted by Crippen LogP contribution is 2.35. The van der Waals surface area contributed by atoms with Crippen molar-refractivity contribution >= 4 is 28.8 Å². The number of carbonyl (C=O) groups excluding carboxylic acids is 1. The summed E-state index contributed by atoms with van der Waals surface area (Å²) in [5.41, 5.74) is -0.438. The van der Waals surface area contributed by atoms with Gasteiger partial charge >= 0.3 is 6.18 Å². The molecule has 26 heavy (non-hydrogen) atoms. The molecule has 2 aromatic rings. The van der Waals surface area contributed by atoms with Crippen LogP contribution in [0.4, 0.5) is 13.2 Å². The summed E-state index contributed by atoms with van der Waals surface area (Å²) in [6.45, 7) is 1.04. The van der Waals surface area contributed by atoms with Gasteiger partial charge in [0.05, 0.1) is 17.1 Å². The molecule has 0 radical (unpaired) electrons. The number of likely N-dealkylation sites (tertiary alicyclic amines) is 1. The molecule has 0 bridgehead atoms. The van der Waals surface area contributed by atoms with Crippen LogP contribution in [-0.4, -0.2) is 35.0 Å². The average molecular weight is 405 g/mol. The number of benzene rings is 1. The van der Waals surface area contributed by atoms with Crippen molar-refractivity contribution in [1.29, 1.82) is 0 Å². The van der Waals surface area contributed by atoms with E-state index in [2.05, 4.69) is 4.98 Å². The van der Waals surface area contributed by atoms with E-state index in [-0.39, 0.29) is 29.9 Å². The first-order valence-corrected chi connectivity index (χ1v) is 9.28. The predicted molar refractivity (Wildman–Crippen MR) is 92.5 cm³/mol. The Balaban J connectivity index is 1.53. The van der Waals surface area contributed by atoms with Gasteiger partial charge in [-0.05, 0) is 24.1 Å². The zero-order chi connectivity index (χ0) is 18.7. The highest BCUT2D eigenvalue weighted by Gasteiger charge is 2.33. The van der Waals surface area contributed by atoms with Gasteiger partial charge in [0.25, 0.3) is 5.19 Å². The lowest BCUT2D eigenvalue weighted by molar-refractivity contribution is -0.137. The maximum absolute atomic E-state index is 12.9. The number of nitrogens with zero attached hydrogens (tertiary/aromatic N) is 2. The minimum atomic E-state index is -4.51. The van der Waals surface area contributed by atoms with Crippen LogP contribution in [0.5, 0.6) is 5.19 Å². The molecule has 2 heterocycles. The first-order chi connectivity index (χ1) is 12.3. The SMILES string of the molecule is O=C(CCc1ccc(Cl)c(C(F)(F)F)c1)N1CCC(Oc2nccs2)C1. The van der Waals surface area contributed by atoms with E-state index in [9.17, 15) is 18.0 Å². The summed E-state index contributed by atoms with van der Waals surface area (Å²) in [5, 5.41) is 2.05. The molecule has 1 unspecified atom stereocenters. The molecule has 1 saturated heterocycles. The molecule has 1 amide bonds. The second kappa shape index (κ2) is 7.84. The highest BCUT2D eigenvalue weighted by atomic mass is 35.5. The van der Waals surface area contributed by atoms with Crippen LogP contribution < -0.4 is 4.74 Å². The molecule has 1 fully saturated rings. The Morgan fingerprint density at radius 3 is 2.92 bits per heavy atom. The molecule has 3 rings (SSSR count). The van der Waals surface area contributed by atoms with Gasteiger partial charge in [-0.25, -0.2) is 4.98 Å². The van der Waals surface area contributed by atoms with E-state index in [0.717, 1.165) is 6.07 Å². The maximum atomic E-state index is 12.9.